The van der Waals surface area contributed by atoms with Crippen LogP contribution >= 0.6 is 0 Å². The Labute approximate surface area is 156 Å². The van der Waals surface area contributed by atoms with Crippen molar-refractivity contribution in [1.29, 1.82) is 0 Å². The van der Waals surface area contributed by atoms with Crippen LogP contribution in [0, 0.1) is 5.92 Å². The number of carbonyl (C=O) groups is 2. The fourth-order valence-corrected chi connectivity index (χ4v) is 2.17. The number of hydrogen-bond acceptors (Lipinski definition) is 6. The van der Waals surface area contributed by atoms with Gasteiger partial charge in [0.25, 0.3) is 0 Å². The number of aliphatic hydroxyl groups is 1. The summed E-state index contributed by atoms with van der Waals surface area (Å²) in [6.45, 7) is 11.7. The molecule has 1 fully saturated rings. The first-order valence-electron chi connectivity index (χ1n) is 9.03. The van der Waals surface area contributed by atoms with Crippen LogP contribution in [-0.4, -0.2) is 77.6 Å². The van der Waals surface area contributed by atoms with Gasteiger partial charge in [-0.1, -0.05) is 13.8 Å². The minimum Gasteiger partial charge on any atom is -0.480 e. The van der Waals surface area contributed by atoms with Crippen molar-refractivity contribution in [2.24, 2.45) is 11.7 Å². The van der Waals surface area contributed by atoms with Gasteiger partial charge in [-0.3, -0.25) is 4.79 Å². The van der Waals surface area contributed by atoms with Gasteiger partial charge in [0.15, 0.2) is 0 Å². The van der Waals surface area contributed by atoms with Crippen LogP contribution in [0.25, 0.3) is 0 Å². The zero-order valence-corrected chi connectivity index (χ0v) is 16.8. The monoisotopic (exact) mass is 376 g/mol. The molecule has 1 saturated heterocycles. The summed E-state index contributed by atoms with van der Waals surface area (Å²) in [7, 11) is 0. The molecule has 1 aliphatic heterocycles. The SMILES string of the molecule is CC(C)CCOC(C)(C)C.NCC1(OCC(=O)O)CN(C(=O)CCO)C1. The number of aliphatic carboxylic acids is 1. The molecule has 4 N–H and O–H groups in total. The molecular formula is C18H36N2O6. The zero-order valence-electron chi connectivity index (χ0n) is 16.8. The molecule has 0 radical (unpaired) electrons. The lowest BCUT2D eigenvalue weighted by molar-refractivity contribution is -0.175. The fourth-order valence-electron chi connectivity index (χ4n) is 2.17. The van der Waals surface area contributed by atoms with Gasteiger partial charge >= 0.3 is 5.97 Å². The Kier molecular flexibility index (Phi) is 10.9. The molecule has 8 nitrogen and oxygen atoms in total. The van der Waals surface area contributed by atoms with Gasteiger partial charge in [0, 0.05) is 19.6 Å². The third-order valence-corrected chi connectivity index (χ3v) is 3.74. The van der Waals surface area contributed by atoms with Crippen LogP contribution in [0.2, 0.25) is 0 Å². The number of carboxylic acids is 1. The summed E-state index contributed by atoms with van der Waals surface area (Å²) in [6.07, 6.45) is 1.23. The number of rotatable bonds is 9. The number of aliphatic hydroxyl groups excluding tert-OH is 1. The lowest BCUT2D eigenvalue weighted by Gasteiger charge is -2.48. The van der Waals surface area contributed by atoms with Crippen LogP contribution in [0.5, 0.6) is 0 Å². The molecular weight excluding hydrogens is 340 g/mol. The molecule has 0 atom stereocenters. The van der Waals surface area contributed by atoms with E-state index in [-0.39, 0.29) is 44.2 Å². The van der Waals surface area contributed by atoms with Crippen molar-refractivity contribution in [3.8, 4) is 0 Å². The van der Waals surface area contributed by atoms with Crippen LogP contribution in [0.4, 0.5) is 0 Å². The van der Waals surface area contributed by atoms with Gasteiger partial charge in [0.05, 0.1) is 25.3 Å². The highest BCUT2D eigenvalue weighted by Crippen LogP contribution is 2.24. The number of carbonyl (C=O) groups excluding carboxylic acids is 1. The van der Waals surface area contributed by atoms with Crippen LogP contribution in [0.1, 0.15) is 47.5 Å². The second-order valence-electron chi connectivity index (χ2n) is 7.94. The molecule has 0 aliphatic carbocycles. The van der Waals surface area contributed by atoms with Crippen LogP contribution in [-0.2, 0) is 19.1 Å². The first kappa shape index (κ1) is 24.8. The summed E-state index contributed by atoms with van der Waals surface area (Å²) >= 11 is 0. The van der Waals surface area contributed by atoms with E-state index in [1.807, 2.05) is 0 Å². The number of nitrogens with zero attached hydrogens (tertiary/aromatic N) is 1. The van der Waals surface area contributed by atoms with Gasteiger partial charge in [0.2, 0.25) is 5.91 Å². The molecule has 0 aromatic rings. The van der Waals surface area contributed by atoms with Gasteiger partial charge in [-0.2, -0.15) is 0 Å². The summed E-state index contributed by atoms with van der Waals surface area (Å²) in [6, 6.07) is 0. The minimum absolute atomic E-state index is 0.0366. The molecule has 26 heavy (non-hydrogen) atoms. The second kappa shape index (κ2) is 11.5. The Morgan fingerprint density at radius 2 is 1.85 bits per heavy atom. The number of amides is 1. The number of hydrogen-bond donors (Lipinski definition) is 3. The van der Waals surface area contributed by atoms with Crippen molar-refractivity contribution >= 4 is 11.9 Å². The second-order valence-corrected chi connectivity index (χ2v) is 7.94. The van der Waals surface area contributed by atoms with Gasteiger partial charge in [0.1, 0.15) is 12.2 Å². The topological polar surface area (TPSA) is 122 Å². The third-order valence-electron chi connectivity index (χ3n) is 3.74. The summed E-state index contributed by atoms with van der Waals surface area (Å²) in [5, 5.41) is 17.1. The number of likely N-dealkylation sites (tertiary alicyclic amines) is 1. The van der Waals surface area contributed by atoms with Gasteiger partial charge in [-0.15, -0.1) is 0 Å². The van der Waals surface area contributed by atoms with E-state index >= 15 is 0 Å². The molecule has 1 heterocycles. The summed E-state index contributed by atoms with van der Waals surface area (Å²) < 4.78 is 10.7. The predicted octanol–water partition coefficient (Wildman–Crippen LogP) is 0.857. The van der Waals surface area contributed by atoms with Gasteiger partial charge < -0.3 is 30.3 Å². The Balaban J connectivity index is 0.000000541. The van der Waals surface area contributed by atoms with Gasteiger partial charge in [-0.05, 0) is 33.1 Å². The normalized spacial score (nSPS) is 15.9. The number of ether oxygens (including phenoxy) is 2. The number of nitrogens with two attached hydrogens (primary N) is 1. The van der Waals surface area contributed by atoms with Crippen molar-refractivity contribution in [3.63, 3.8) is 0 Å². The first-order valence-corrected chi connectivity index (χ1v) is 9.03. The first-order chi connectivity index (χ1) is 11.9. The highest BCUT2D eigenvalue weighted by Gasteiger charge is 2.45. The van der Waals surface area contributed by atoms with E-state index in [0.717, 1.165) is 18.9 Å². The number of carboxylic acid groups (broad SMARTS) is 1. The molecule has 1 rings (SSSR count). The molecule has 0 aromatic heterocycles. The third kappa shape index (κ3) is 10.7. The lowest BCUT2D eigenvalue weighted by Crippen LogP contribution is -2.68. The Bertz CT molecular complexity index is 428. The highest BCUT2D eigenvalue weighted by molar-refractivity contribution is 5.77. The molecule has 1 aliphatic rings. The lowest BCUT2D eigenvalue weighted by atomic mass is 9.93. The Morgan fingerprint density at radius 1 is 1.27 bits per heavy atom. The standard InChI is InChI=1S/C9H16N2O5.C9H20O/c10-4-9(16-3-8(14)15)5-11(6-9)7(13)1-2-12;1-8(2)6-7-10-9(3,4)5/h12H,1-6,10H2,(H,14,15);8H,6-7H2,1-5H3. The van der Waals surface area contributed by atoms with E-state index in [1.54, 1.807) is 0 Å². The average Bonchev–Trinajstić information content (AvgIpc) is 2.45. The molecule has 1 amide bonds. The molecule has 154 valence electrons. The van der Waals surface area contributed by atoms with E-state index in [1.165, 1.54) is 4.90 Å². The molecule has 0 aromatic carbocycles. The molecule has 0 bridgehead atoms. The van der Waals surface area contributed by atoms with Crippen molar-refractivity contribution in [3.05, 3.63) is 0 Å². The smallest absolute Gasteiger partial charge is 0.329 e. The maximum atomic E-state index is 11.3. The van der Waals surface area contributed by atoms with Crippen LogP contribution in [0.3, 0.4) is 0 Å². The zero-order chi connectivity index (χ0) is 20.4. The van der Waals surface area contributed by atoms with Gasteiger partial charge in [-0.25, -0.2) is 4.79 Å². The average molecular weight is 376 g/mol. The summed E-state index contributed by atoms with van der Waals surface area (Å²) in [4.78, 5) is 23.2. The molecule has 0 spiro atoms. The van der Waals surface area contributed by atoms with E-state index in [2.05, 4.69) is 34.6 Å². The van der Waals surface area contributed by atoms with Crippen LogP contribution in [0.15, 0.2) is 0 Å². The minimum atomic E-state index is -1.06. The van der Waals surface area contributed by atoms with E-state index in [9.17, 15) is 9.59 Å². The van der Waals surface area contributed by atoms with E-state index < -0.39 is 18.2 Å². The van der Waals surface area contributed by atoms with Crippen molar-refractivity contribution in [1.82, 2.24) is 4.90 Å². The molecule has 0 saturated carbocycles. The van der Waals surface area contributed by atoms with E-state index in [0.29, 0.717) is 0 Å². The van der Waals surface area contributed by atoms with Crippen molar-refractivity contribution < 1.29 is 29.3 Å². The van der Waals surface area contributed by atoms with E-state index in [4.69, 9.17) is 25.4 Å². The molecule has 8 heteroatoms. The van der Waals surface area contributed by atoms with Crippen molar-refractivity contribution in [2.45, 2.75) is 58.7 Å². The summed E-state index contributed by atoms with van der Waals surface area (Å²) in [5.74, 6) is -0.485. The maximum absolute atomic E-state index is 11.3. The quantitative estimate of drug-likeness (QED) is 0.545. The largest absolute Gasteiger partial charge is 0.480 e. The fraction of sp³-hybridized carbons (Fsp3) is 0.889. The highest BCUT2D eigenvalue weighted by atomic mass is 16.5. The Morgan fingerprint density at radius 3 is 2.23 bits per heavy atom. The summed E-state index contributed by atoms with van der Waals surface area (Å²) in [5.41, 5.74) is 4.79. The maximum Gasteiger partial charge on any atom is 0.329 e. The molecule has 0 unspecified atom stereocenters. The van der Waals surface area contributed by atoms with Crippen LogP contribution < -0.4 is 5.73 Å². The predicted molar refractivity (Wildman–Crippen MR) is 98.8 cm³/mol. The Hall–Kier alpha value is -1.22. The van der Waals surface area contributed by atoms with Crippen molar-refractivity contribution in [2.75, 3.05) is 39.5 Å².